The van der Waals surface area contributed by atoms with Gasteiger partial charge in [0.25, 0.3) is 0 Å². The van der Waals surface area contributed by atoms with Crippen molar-refractivity contribution in [1.82, 2.24) is 0 Å². The molecule has 0 radical (unpaired) electrons. The Morgan fingerprint density at radius 2 is 2.20 bits per heavy atom. The van der Waals surface area contributed by atoms with Gasteiger partial charge in [-0.15, -0.1) is 11.8 Å². The molecule has 0 saturated heterocycles. The predicted octanol–water partition coefficient (Wildman–Crippen LogP) is 2.90. The summed E-state index contributed by atoms with van der Waals surface area (Å²) in [5, 5.41) is 0. The standard InChI is InChI=1S/C12H14FNS/c13-10-3-1-2-8-9(12(14)5-6-12)4-7-15-11(8)10/h1-3,9H,4-7,14H2. The number of hydrogen-bond donors (Lipinski definition) is 1. The Morgan fingerprint density at radius 1 is 1.40 bits per heavy atom. The van der Waals surface area contributed by atoms with Crippen molar-refractivity contribution in [3.05, 3.63) is 29.6 Å². The van der Waals surface area contributed by atoms with Crippen LogP contribution in [0.25, 0.3) is 0 Å². The molecule has 3 heteroatoms. The summed E-state index contributed by atoms with van der Waals surface area (Å²) >= 11 is 1.63. The molecule has 15 heavy (non-hydrogen) atoms. The zero-order valence-corrected chi connectivity index (χ0v) is 9.32. The quantitative estimate of drug-likeness (QED) is 0.792. The smallest absolute Gasteiger partial charge is 0.137 e. The van der Waals surface area contributed by atoms with E-state index in [0.717, 1.165) is 35.5 Å². The third-order valence-electron chi connectivity index (χ3n) is 3.55. The number of fused-ring (bicyclic) bond motifs is 1. The normalized spacial score (nSPS) is 27.2. The lowest BCUT2D eigenvalue weighted by Gasteiger charge is -2.30. The summed E-state index contributed by atoms with van der Waals surface area (Å²) in [4.78, 5) is 0.838. The number of benzene rings is 1. The summed E-state index contributed by atoms with van der Waals surface area (Å²) in [6, 6.07) is 5.39. The highest BCUT2D eigenvalue weighted by molar-refractivity contribution is 7.99. The molecule has 1 aromatic carbocycles. The molecule has 1 aliphatic heterocycles. The Labute approximate surface area is 93.2 Å². The number of thioether (sulfide) groups is 1. The van der Waals surface area contributed by atoms with E-state index in [1.165, 1.54) is 0 Å². The second-order valence-electron chi connectivity index (χ2n) is 4.58. The predicted molar refractivity (Wildman–Crippen MR) is 60.6 cm³/mol. The van der Waals surface area contributed by atoms with E-state index in [1.807, 2.05) is 6.07 Å². The molecule has 3 rings (SSSR count). The first-order valence-corrected chi connectivity index (χ1v) is 6.39. The molecule has 1 aromatic rings. The lowest BCUT2D eigenvalue weighted by molar-refractivity contribution is 0.486. The maximum atomic E-state index is 13.6. The number of rotatable bonds is 1. The molecule has 0 amide bonds. The fourth-order valence-electron chi connectivity index (χ4n) is 2.48. The highest BCUT2D eigenvalue weighted by Gasteiger charge is 2.47. The van der Waals surface area contributed by atoms with Gasteiger partial charge in [-0.05, 0) is 36.6 Å². The Bertz CT molecular complexity index is 401. The first-order valence-electron chi connectivity index (χ1n) is 5.41. The molecule has 2 aliphatic rings. The zero-order chi connectivity index (χ0) is 10.5. The third-order valence-corrected chi connectivity index (χ3v) is 4.71. The van der Waals surface area contributed by atoms with E-state index in [0.29, 0.717) is 5.92 Å². The van der Waals surface area contributed by atoms with E-state index in [1.54, 1.807) is 23.9 Å². The van der Waals surface area contributed by atoms with Crippen LogP contribution < -0.4 is 5.73 Å². The second kappa shape index (κ2) is 3.22. The van der Waals surface area contributed by atoms with Gasteiger partial charge >= 0.3 is 0 Å². The van der Waals surface area contributed by atoms with Crippen LogP contribution >= 0.6 is 11.8 Å². The number of hydrogen-bond acceptors (Lipinski definition) is 2. The van der Waals surface area contributed by atoms with Crippen molar-refractivity contribution in [2.45, 2.75) is 35.6 Å². The van der Waals surface area contributed by atoms with Gasteiger partial charge in [0, 0.05) is 16.4 Å². The summed E-state index contributed by atoms with van der Waals surface area (Å²) in [6.45, 7) is 0. The van der Waals surface area contributed by atoms with Crippen molar-refractivity contribution in [3.8, 4) is 0 Å². The van der Waals surface area contributed by atoms with E-state index in [9.17, 15) is 4.39 Å². The number of halogens is 1. The van der Waals surface area contributed by atoms with Crippen LogP contribution in [0.3, 0.4) is 0 Å². The molecular weight excluding hydrogens is 209 g/mol. The summed E-state index contributed by atoms with van der Waals surface area (Å²) in [7, 11) is 0. The zero-order valence-electron chi connectivity index (χ0n) is 8.50. The van der Waals surface area contributed by atoms with Gasteiger partial charge < -0.3 is 5.73 Å². The van der Waals surface area contributed by atoms with Crippen LogP contribution in [0.2, 0.25) is 0 Å². The molecular formula is C12H14FNS. The average molecular weight is 223 g/mol. The molecule has 0 bridgehead atoms. The van der Waals surface area contributed by atoms with Crippen LogP contribution in [0, 0.1) is 5.82 Å². The van der Waals surface area contributed by atoms with Crippen LogP contribution in [0.4, 0.5) is 4.39 Å². The maximum absolute atomic E-state index is 13.6. The first-order chi connectivity index (χ1) is 7.21. The molecule has 1 fully saturated rings. The van der Waals surface area contributed by atoms with Crippen LogP contribution in [-0.4, -0.2) is 11.3 Å². The summed E-state index contributed by atoms with van der Waals surface area (Å²) in [5.74, 6) is 1.30. The van der Waals surface area contributed by atoms with Crippen molar-refractivity contribution < 1.29 is 4.39 Å². The Hall–Kier alpha value is -0.540. The fourth-order valence-corrected chi connectivity index (χ4v) is 3.62. The minimum atomic E-state index is -0.0774. The Balaban J connectivity index is 2.07. The van der Waals surface area contributed by atoms with Crippen LogP contribution in [0.15, 0.2) is 23.1 Å². The van der Waals surface area contributed by atoms with E-state index < -0.39 is 0 Å². The van der Waals surface area contributed by atoms with Gasteiger partial charge in [-0.3, -0.25) is 0 Å². The number of nitrogens with two attached hydrogens (primary N) is 1. The molecule has 1 atom stereocenters. The summed E-state index contributed by atoms with van der Waals surface area (Å²) in [6.07, 6.45) is 3.29. The van der Waals surface area contributed by atoms with Crippen LogP contribution in [-0.2, 0) is 0 Å². The van der Waals surface area contributed by atoms with Gasteiger partial charge in [0.1, 0.15) is 5.82 Å². The molecule has 1 heterocycles. The highest BCUT2D eigenvalue weighted by atomic mass is 32.2. The van der Waals surface area contributed by atoms with Crippen molar-refractivity contribution >= 4 is 11.8 Å². The highest BCUT2D eigenvalue weighted by Crippen LogP contribution is 2.52. The molecule has 0 spiro atoms. The molecule has 0 aromatic heterocycles. The maximum Gasteiger partial charge on any atom is 0.137 e. The molecule has 1 saturated carbocycles. The second-order valence-corrected chi connectivity index (χ2v) is 5.69. The third kappa shape index (κ3) is 1.49. The summed E-state index contributed by atoms with van der Waals surface area (Å²) < 4.78 is 13.6. The lowest BCUT2D eigenvalue weighted by atomic mass is 9.87. The lowest BCUT2D eigenvalue weighted by Crippen LogP contribution is -2.32. The van der Waals surface area contributed by atoms with Crippen molar-refractivity contribution in [2.24, 2.45) is 5.73 Å². The van der Waals surface area contributed by atoms with Crippen molar-refractivity contribution in [1.29, 1.82) is 0 Å². The monoisotopic (exact) mass is 223 g/mol. The molecule has 1 aliphatic carbocycles. The van der Waals surface area contributed by atoms with Gasteiger partial charge in [-0.25, -0.2) is 4.39 Å². The minimum Gasteiger partial charge on any atom is -0.325 e. The molecule has 1 unspecified atom stereocenters. The molecule has 80 valence electrons. The van der Waals surface area contributed by atoms with Crippen molar-refractivity contribution in [3.63, 3.8) is 0 Å². The van der Waals surface area contributed by atoms with Gasteiger partial charge in [-0.1, -0.05) is 12.1 Å². The van der Waals surface area contributed by atoms with Gasteiger partial charge in [0.2, 0.25) is 0 Å². The first kappa shape index (κ1) is 9.67. The van der Waals surface area contributed by atoms with Crippen LogP contribution in [0.5, 0.6) is 0 Å². The van der Waals surface area contributed by atoms with Crippen molar-refractivity contribution in [2.75, 3.05) is 5.75 Å². The molecule has 1 nitrogen and oxygen atoms in total. The van der Waals surface area contributed by atoms with Gasteiger partial charge in [0.05, 0.1) is 0 Å². The fraction of sp³-hybridized carbons (Fsp3) is 0.500. The SMILES string of the molecule is NC1(C2CCSc3c(F)cccc32)CC1. The van der Waals surface area contributed by atoms with E-state index in [4.69, 9.17) is 5.73 Å². The molecule has 2 N–H and O–H groups in total. The average Bonchev–Trinajstić information content (AvgIpc) is 2.98. The topological polar surface area (TPSA) is 26.0 Å². The summed E-state index contributed by atoms with van der Waals surface area (Å²) in [5.41, 5.74) is 7.37. The van der Waals surface area contributed by atoms with E-state index in [-0.39, 0.29) is 11.4 Å². The van der Waals surface area contributed by atoms with Gasteiger partial charge in [0.15, 0.2) is 0 Å². The minimum absolute atomic E-state index is 0.0243. The van der Waals surface area contributed by atoms with E-state index in [2.05, 4.69) is 0 Å². The van der Waals surface area contributed by atoms with Gasteiger partial charge in [-0.2, -0.15) is 0 Å². The van der Waals surface area contributed by atoms with E-state index >= 15 is 0 Å². The largest absolute Gasteiger partial charge is 0.325 e. The Kier molecular flexibility index (Phi) is 2.08. The Morgan fingerprint density at radius 3 is 2.93 bits per heavy atom. The van der Waals surface area contributed by atoms with Crippen LogP contribution in [0.1, 0.15) is 30.7 Å².